The molecule has 1 N–H and O–H groups in total. The molecule has 0 aromatic carbocycles. The van der Waals surface area contributed by atoms with Gasteiger partial charge in [-0.3, -0.25) is 9.88 Å². The van der Waals surface area contributed by atoms with Gasteiger partial charge in [0.2, 0.25) is 0 Å². The van der Waals surface area contributed by atoms with Gasteiger partial charge in [0.15, 0.2) is 0 Å². The van der Waals surface area contributed by atoms with E-state index in [9.17, 15) is 0 Å². The number of nitrogens with one attached hydrogen (secondary N) is 1. The van der Waals surface area contributed by atoms with E-state index in [1.807, 2.05) is 12.3 Å². The van der Waals surface area contributed by atoms with Crippen LogP contribution in [0, 0.1) is 0 Å². The molecule has 1 aromatic heterocycles. The highest BCUT2D eigenvalue weighted by atomic mass is 15.1. The average molecular weight is 261 g/mol. The summed E-state index contributed by atoms with van der Waals surface area (Å²) in [5.74, 6) is 0. The van der Waals surface area contributed by atoms with E-state index in [-0.39, 0.29) is 0 Å². The lowest BCUT2D eigenvalue weighted by atomic mass is 10.0. The number of piperidine rings is 1. The van der Waals surface area contributed by atoms with E-state index in [2.05, 4.69) is 35.1 Å². The molecule has 3 heteroatoms. The van der Waals surface area contributed by atoms with Crippen molar-refractivity contribution >= 4 is 0 Å². The SMILES string of the molecule is CCCNC1CCN(Cc2ncccc2CC)CC1. The first kappa shape index (κ1) is 14.5. The second-order valence-corrected chi connectivity index (χ2v) is 5.47. The maximum absolute atomic E-state index is 4.55. The molecule has 106 valence electrons. The van der Waals surface area contributed by atoms with Crippen LogP contribution in [0.4, 0.5) is 0 Å². The van der Waals surface area contributed by atoms with Crippen LogP contribution in [-0.2, 0) is 13.0 Å². The van der Waals surface area contributed by atoms with Crippen LogP contribution in [0.3, 0.4) is 0 Å². The molecule has 0 aliphatic carbocycles. The van der Waals surface area contributed by atoms with E-state index in [0.29, 0.717) is 0 Å². The number of aryl methyl sites for hydroxylation is 1. The molecule has 1 fully saturated rings. The van der Waals surface area contributed by atoms with Gasteiger partial charge in [-0.1, -0.05) is 19.9 Å². The molecule has 0 radical (unpaired) electrons. The lowest BCUT2D eigenvalue weighted by Gasteiger charge is -2.32. The Morgan fingerprint density at radius 2 is 2.11 bits per heavy atom. The molecule has 1 aliphatic heterocycles. The number of pyridine rings is 1. The van der Waals surface area contributed by atoms with Crippen molar-refractivity contribution in [3.63, 3.8) is 0 Å². The predicted octanol–water partition coefficient (Wildman–Crippen LogP) is 2.61. The Morgan fingerprint density at radius 1 is 1.32 bits per heavy atom. The van der Waals surface area contributed by atoms with Gasteiger partial charge in [-0.05, 0) is 43.9 Å². The predicted molar refractivity (Wildman–Crippen MR) is 80.2 cm³/mol. The Morgan fingerprint density at radius 3 is 2.79 bits per heavy atom. The number of nitrogens with zero attached hydrogens (tertiary/aromatic N) is 2. The average Bonchev–Trinajstić information content (AvgIpc) is 2.47. The summed E-state index contributed by atoms with van der Waals surface area (Å²) >= 11 is 0. The lowest BCUT2D eigenvalue weighted by molar-refractivity contribution is 0.188. The molecule has 0 bridgehead atoms. The summed E-state index contributed by atoms with van der Waals surface area (Å²) in [4.78, 5) is 7.10. The van der Waals surface area contributed by atoms with Gasteiger partial charge in [-0.15, -0.1) is 0 Å². The molecule has 2 rings (SSSR count). The number of aromatic nitrogens is 1. The van der Waals surface area contributed by atoms with Gasteiger partial charge in [0.25, 0.3) is 0 Å². The number of hydrogen-bond acceptors (Lipinski definition) is 3. The third-order valence-electron chi connectivity index (χ3n) is 4.01. The smallest absolute Gasteiger partial charge is 0.0575 e. The molecule has 1 aromatic rings. The monoisotopic (exact) mass is 261 g/mol. The van der Waals surface area contributed by atoms with Crippen LogP contribution in [0.15, 0.2) is 18.3 Å². The number of rotatable bonds is 6. The Hall–Kier alpha value is -0.930. The van der Waals surface area contributed by atoms with Gasteiger partial charge >= 0.3 is 0 Å². The van der Waals surface area contributed by atoms with E-state index in [4.69, 9.17) is 0 Å². The van der Waals surface area contributed by atoms with Gasteiger partial charge < -0.3 is 5.32 Å². The first-order valence-electron chi connectivity index (χ1n) is 7.72. The van der Waals surface area contributed by atoms with Gasteiger partial charge in [-0.25, -0.2) is 0 Å². The summed E-state index contributed by atoms with van der Waals surface area (Å²) in [6.45, 7) is 9.01. The van der Waals surface area contributed by atoms with Crippen molar-refractivity contribution in [2.45, 2.75) is 52.1 Å². The van der Waals surface area contributed by atoms with Gasteiger partial charge in [0.05, 0.1) is 5.69 Å². The van der Waals surface area contributed by atoms with Gasteiger partial charge in [0.1, 0.15) is 0 Å². The molecular formula is C16H27N3. The van der Waals surface area contributed by atoms with Crippen molar-refractivity contribution in [1.82, 2.24) is 15.2 Å². The van der Waals surface area contributed by atoms with E-state index in [1.54, 1.807) is 0 Å². The summed E-state index contributed by atoms with van der Waals surface area (Å²) in [6, 6.07) is 4.98. The van der Waals surface area contributed by atoms with Crippen LogP contribution in [0.1, 0.15) is 44.4 Å². The third kappa shape index (κ3) is 4.29. The molecule has 0 amide bonds. The molecule has 0 saturated carbocycles. The molecule has 3 nitrogen and oxygen atoms in total. The second-order valence-electron chi connectivity index (χ2n) is 5.47. The zero-order valence-corrected chi connectivity index (χ0v) is 12.4. The molecule has 2 heterocycles. The van der Waals surface area contributed by atoms with Crippen LogP contribution in [0.2, 0.25) is 0 Å². The highest BCUT2D eigenvalue weighted by Gasteiger charge is 2.19. The van der Waals surface area contributed by atoms with E-state index >= 15 is 0 Å². The summed E-state index contributed by atoms with van der Waals surface area (Å²) in [7, 11) is 0. The van der Waals surface area contributed by atoms with E-state index in [0.717, 1.165) is 25.6 Å². The maximum atomic E-state index is 4.55. The fraction of sp³-hybridized carbons (Fsp3) is 0.688. The molecule has 0 spiro atoms. The molecular weight excluding hydrogens is 234 g/mol. The van der Waals surface area contributed by atoms with Crippen LogP contribution < -0.4 is 5.32 Å². The fourth-order valence-corrected chi connectivity index (χ4v) is 2.79. The quantitative estimate of drug-likeness (QED) is 0.853. The van der Waals surface area contributed by atoms with Crippen molar-refractivity contribution in [1.29, 1.82) is 0 Å². The maximum Gasteiger partial charge on any atom is 0.0575 e. The number of likely N-dealkylation sites (tertiary alicyclic amines) is 1. The van der Waals surface area contributed by atoms with Crippen LogP contribution >= 0.6 is 0 Å². The summed E-state index contributed by atoms with van der Waals surface area (Å²) in [5, 5.41) is 3.64. The summed E-state index contributed by atoms with van der Waals surface area (Å²) in [6.07, 6.45) is 6.78. The number of hydrogen-bond donors (Lipinski definition) is 1. The third-order valence-corrected chi connectivity index (χ3v) is 4.01. The Balaban J connectivity index is 1.82. The first-order valence-corrected chi connectivity index (χ1v) is 7.72. The van der Waals surface area contributed by atoms with E-state index < -0.39 is 0 Å². The zero-order chi connectivity index (χ0) is 13.5. The Bertz CT molecular complexity index is 370. The first-order chi connectivity index (χ1) is 9.33. The lowest BCUT2D eigenvalue weighted by Crippen LogP contribution is -2.42. The highest BCUT2D eigenvalue weighted by Crippen LogP contribution is 2.15. The zero-order valence-electron chi connectivity index (χ0n) is 12.4. The van der Waals surface area contributed by atoms with Crippen molar-refractivity contribution in [3.8, 4) is 0 Å². The molecule has 0 atom stereocenters. The topological polar surface area (TPSA) is 28.2 Å². The molecule has 1 saturated heterocycles. The van der Waals surface area contributed by atoms with Crippen LogP contribution in [-0.4, -0.2) is 35.6 Å². The van der Waals surface area contributed by atoms with Crippen molar-refractivity contribution in [2.24, 2.45) is 0 Å². The van der Waals surface area contributed by atoms with Gasteiger partial charge in [0, 0.05) is 31.9 Å². The minimum Gasteiger partial charge on any atom is -0.314 e. The fourth-order valence-electron chi connectivity index (χ4n) is 2.79. The highest BCUT2D eigenvalue weighted by molar-refractivity contribution is 5.19. The Kier molecular flexibility index (Phi) is 5.80. The Labute approximate surface area is 117 Å². The second kappa shape index (κ2) is 7.61. The molecule has 19 heavy (non-hydrogen) atoms. The minimum absolute atomic E-state index is 0.727. The van der Waals surface area contributed by atoms with E-state index in [1.165, 1.54) is 43.6 Å². The van der Waals surface area contributed by atoms with Crippen molar-refractivity contribution < 1.29 is 0 Å². The largest absolute Gasteiger partial charge is 0.314 e. The van der Waals surface area contributed by atoms with Gasteiger partial charge in [-0.2, -0.15) is 0 Å². The van der Waals surface area contributed by atoms with Crippen LogP contribution in [0.5, 0.6) is 0 Å². The normalized spacial score (nSPS) is 17.8. The van der Waals surface area contributed by atoms with Crippen LogP contribution in [0.25, 0.3) is 0 Å². The standard InChI is InChI=1S/C16H27N3/c1-3-9-17-15-7-11-19(12-8-15)13-16-14(4-2)6-5-10-18-16/h5-6,10,15,17H,3-4,7-9,11-13H2,1-2H3. The minimum atomic E-state index is 0.727. The van der Waals surface area contributed by atoms with Crippen molar-refractivity contribution in [3.05, 3.63) is 29.6 Å². The summed E-state index contributed by atoms with van der Waals surface area (Å²) in [5.41, 5.74) is 2.67. The summed E-state index contributed by atoms with van der Waals surface area (Å²) < 4.78 is 0. The molecule has 1 aliphatic rings. The van der Waals surface area contributed by atoms with Crippen molar-refractivity contribution in [2.75, 3.05) is 19.6 Å². The molecule has 0 unspecified atom stereocenters.